The number of H-pyrrole nitrogens is 1. The molecular weight excluding hydrogens is 412 g/mol. The van der Waals surface area contributed by atoms with Gasteiger partial charge in [0.25, 0.3) is 5.82 Å². The number of hydrogen-bond acceptors (Lipinski definition) is 0. The first-order chi connectivity index (χ1) is 16.8. The Kier molecular flexibility index (Phi) is 16.6. The zero-order valence-corrected chi connectivity index (χ0v) is 22.7. The quantitative estimate of drug-likeness (QED) is 0.131. The third-order valence-electron chi connectivity index (χ3n) is 7.53. The minimum absolute atomic E-state index is 0.648. The number of hydrogen-bond donors (Lipinski definition) is 1. The number of imidazole rings is 1. The van der Waals surface area contributed by atoms with Crippen molar-refractivity contribution in [2.75, 3.05) is 0 Å². The Morgan fingerprint density at radius 2 is 1.15 bits per heavy atom. The summed E-state index contributed by atoms with van der Waals surface area (Å²) < 4.78 is 2.41. The predicted octanol–water partition coefficient (Wildman–Crippen LogP) is 9.89. The number of rotatable bonds is 22. The summed E-state index contributed by atoms with van der Waals surface area (Å²) in [6.45, 7) is 5.61. The Labute approximate surface area is 212 Å². The Bertz CT molecular complexity index is 690. The van der Waals surface area contributed by atoms with Crippen molar-refractivity contribution >= 4 is 0 Å². The molecule has 0 spiro atoms. The molecule has 1 aromatic heterocycles. The second kappa shape index (κ2) is 19.7. The van der Waals surface area contributed by atoms with Gasteiger partial charge in [0.15, 0.2) is 0 Å². The molecule has 0 unspecified atom stereocenters. The van der Waals surface area contributed by atoms with E-state index in [1.165, 1.54) is 133 Å². The minimum atomic E-state index is 0.648. The molecule has 34 heavy (non-hydrogen) atoms. The van der Waals surface area contributed by atoms with Crippen LogP contribution in [0.3, 0.4) is 0 Å². The van der Waals surface area contributed by atoms with Gasteiger partial charge in [0.1, 0.15) is 18.9 Å². The van der Waals surface area contributed by atoms with Crippen molar-refractivity contribution in [3.8, 4) is 0 Å². The summed E-state index contributed by atoms with van der Waals surface area (Å²) >= 11 is 0. The Morgan fingerprint density at radius 3 is 1.65 bits per heavy atom. The molecule has 0 amide bonds. The molecule has 0 aliphatic rings. The lowest BCUT2D eigenvalue weighted by molar-refractivity contribution is -0.695. The van der Waals surface area contributed by atoms with E-state index >= 15 is 0 Å². The molecule has 0 fully saturated rings. The first kappa shape index (κ1) is 28.7. The van der Waals surface area contributed by atoms with Gasteiger partial charge in [-0.2, -0.15) is 0 Å². The topological polar surface area (TPSA) is 19.7 Å². The van der Waals surface area contributed by atoms with Crippen LogP contribution in [0.25, 0.3) is 0 Å². The standard InChI is InChI=1S/C32H54N2/c1-3-5-6-7-8-9-10-11-12-13-14-15-16-17-18-19-23-26-31(4-2)32-33-27-28-34(32)29-30-24-21-20-22-25-30/h20-22,24-25,27-28,31H,3-19,23,26,29H2,1-2H3/p+1/t31-/m0/s1. The van der Waals surface area contributed by atoms with E-state index in [0.29, 0.717) is 5.92 Å². The summed E-state index contributed by atoms with van der Waals surface area (Å²) in [6.07, 6.45) is 31.4. The van der Waals surface area contributed by atoms with E-state index in [9.17, 15) is 0 Å². The lowest BCUT2D eigenvalue weighted by Gasteiger charge is -2.12. The summed E-state index contributed by atoms with van der Waals surface area (Å²) in [5.41, 5.74) is 1.38. The average molecular weight is 468 g/mol. The van der Waals surface area contributed by atoms with Crippen LogP contribution in [-0.2, 0) is 6.54 Å². The lowest BCUT2D eigenvalue weighted by atomic mass is 9.96. The van der Waals surface area contributed by atoms with Gasteiger partial charge in [0.2, 0.25) is 0 Å². The van der Waals surface area contributed by atoms with Gasteiger partial charge in [-0.25, -0.2) is 9.55 Å². The van der Waals surface area contributed by atoms with Crippen LogP contribution in [0.5, 0.6) is 0 Å². The van der Waals surface area contributed by atoms with Crippen molar-refractivity contribution in [3.05, 3.63) is 54.1 Å². The van der Waals surface area contributed by atoms with E-state index in [1.807, 2.05) is 0 Å². The van der Waals surface area contributed by atoms with Crippen molar-refractivity contribution in [1.82, 2.24) is 4.98 Å². The van der Waals surface area contributed by atoms with Crippen LogP contribution in [0, 0.1) is 0 Å². The van der Waals surface area contributed by atoms with Crippen LogP contribution in [0.15, 0.2) is 42.7 Å². The van der Waals surface area contributed by atoms with Crippen LogP contribution in [0.1, 0.15) is 153 Å². The molecule has 0 radical (unpaired) electrons. The SMILES string of the molecule is CCCCCCCCCCCCCCCCCCC[C@H](CC)c1[nH]cc[n+]1Cc1ccccc1. The van der Waals surface area contributed by atoms with Crippen molar-refractivity contribution in [1.29, 1.82) is 0 Å². The molecule has 0 bridgehead atoms. The number of benzene rings is 1. The molecule has 1 N–H and O–H groups in total. The fraction of sp³-hybridized carbons (Fsp3) is 0.719. The summed E-state index contributed by atoms with van der Waals surface area (Å²) in [4.78, 5) is 3.55. The van der Waals surface area contributed by atoms with Gasteiger partial charge in [-0.15, -0.1) is 0 Å². The van der Waals surface area contributed by atoms with Crippen molar-refractivity contribution in [2.45, 2.75) is 148 Å². The normalized spacial score (nSPS) is 12.3. The Balaban J connectivity index is 1.44. The van der Waals surface area contributed by atoms with Gasteiger partial charge in [-0.3, -0.25) is 0 Å². The predicted molar refractivity (Wildman–Crippen MR) is 148 cm³/mol. The third-order valence-corrected chi connectivity index (χ3v) is 7.53. The summed E-state index contributed by atoms with van der Waals surface area (Å²) in [7, 11) is 0. The molecule has 1 heterocycles. The molecule has 2 aromatic rings. The van der Waals surface area contributed by atoms with Crippen molar-refractivity contribution < 1.29 is 4.57 Å². The number of nitrogens with zero attached hydrogens (tertiary/aromatic N) is 1. The second-order valence-corrected chi connectivity index (χ2v) is 10.5. The van der Waals surface area contributed by atoms with Gasteiger partial charge >= 0.3 is 0 Å². The van der Waals surface area contributed by atoms with E-state index in [4.69, 9.17) is 0 Å². The molecule has 0 saturated heterocycles. The largest absolute Gasteiger partial charge is 0.257 e. The molecule has 2 rings (SSSR count). The summed E-state index contributed by atoms with van der Waals surface area (Å²) in [6, 6.07) is 10.8. The molecule has 0 aliphatic heterocycles. The highest BCUT2D eigenvalue weighted by Gasteiger charge is 2.21. The molecule has 2 heteroatoms. The number of aromatic amines is 1. The van der Waals surface area contributed by atoms with Crippen LogP contribution in [0.2, 0.25) is 0 Å². The third kappa shape index (κ3) is 12.8. The fourth-order valence-corrected chi connectivity index (χ4v) is 5.30. The Morgan fingerprint density at radius 1 is 0.647 bits per heavy atom. The maximum Gasteiger partial charge on any atom is 0.257 e. The number of aromatic nitrogens is 2. The highest BCUT2D eigenvalue weighted by Crippen LogP contribution is 2.23. The summed E-state index contributed by atoms with van der Waals surface area (Å²) in [5.74, 6) is 2.05. The molecule has 0 aliphatic carbocycles. The highest BCUT2D eigenvalue weighted by molar-refractivity contribution is 5.13. The smallest absolute Gasteiger partial charge is 0.247 e. The van der Waals surface area contributed by atoms with E-state index in [1.54, 1.807) is 0 Å². The number of unbranched alkanes of at least 4 members (excludes halogenated alkanes) is 16. The minimum Gasteiger partial charge on any atom is -0.247 e. The van der Waals surface area contributed by atoms with E-state index in [-0.39, 0.29) is 0 Å². The van der Waals surface area contributed by atoms with Gasteiger partial charge < -0.3 is 0 Å². The van der Waals surface area contributed by atoms with Gasteiger partial charge in [-0.1, -0.05) is 153 Å². The fourth-order valence-electron chi connectivity index (χ4n) is 5.30. The van der Waals surface area contributed by atoms with Gasteiger partial charge in [0, 0.05) is 0 Å². The summed E-state index contributed by atoms with van der Waals surface area (Å²) in [5, 5.41) is 0. The zero-order valence-electron chi connectivity index (χ0n) is 22.7. The monoisotopic (exact) mass is 467 g/mol. The van der Waals surface area contributed by atoms with E-state index in [2.05, 4.69) is 66.1 Å². The molecular formula is C32H55N2+. The first-order valence-electron chi connectivity index (χ1n) is 15.0. The average Bonchev–Trinajstić information content (AvgIpc) is 3.32. The Hall–Kier alpha value is -1.57. The molecule has 1 atom stereocenters. The molecule has 0 saturated carbocycles. The van der Waals surface area contributed by atoms with Crippen LogP contribution in [0.4, 0.5) is 0 Å². The van der Waals surface area contributed by atoms with Crippen molar-refractivity contribution in [2.24, 2.45) is 0 Å². The van der Waals surface area contributed by atoms with E-state index < -0.39 is 0 Å². The van der Waals surface area contributed by atoms with Gasteiger partial charge in [0.05, 0.1) is 5.92 Å². The first-order valence-corrected chi connectivity index (χ1v) is 15.0. The number of nitrogens with one attached hydrogen (secondary N) is 1. The zero-order chi connectivity index (χ0) is 24.1. The van der Waals surface area contributed by atoms with Crippen LogP contribution < -0.4 is 4.57 Å². The van der Waals surface area contributed by atoms with E-state index in [0.717, 1.165) is 6.54 Å². The van der Waals surface area contributed by atoms with Crippen LogP contribution in [-0.4, -0.2) is 4.98 Å². The molecule has 192 valence electrons. The maximum absolute atomic E-state index is 3.55. The second-order valence-electron chi connectivity index (χ2n) is 10.5. The maximum atomic E-state index is 3.55. The molecule has 2 nitrogen and oxygen atoms in total. The van der Waals surface area contributed by atoms with Gasteiger partial charge in [-0.05, 0) is 18.4 Å². The molecule has 1 aromatic carbocycles. The van der Waals surface area contributed by atoms with Crippen LogP contribution >= 0.6 is 0 Å². The lowest BCUT2D eigenvalue weighted by Crippen LogP contribution is -2.38. The van der Waals surface area contributed by atoms with Crippen molar-refractivity contribution in [3.63, 3.8) is 0 Å². The highest BCUT2D eigenvalue weighted by atomic mass is 15.1.